The summed E-state index contributed by atoms with van der Waals surface area (Å²) in [5.74, 6) is -2.02. The van der Waals surface area contributed by atoms with E-state index < -0.39 is 11.9 Å². The summed E-state index contributed by atoms with van der Waals surface area (Å²) in [6.07, 6.45) is 4.22. The summed E-state index contributed by atoms with van der Waals surface area (Å²) in [7, 11) is 0. The van der Waals surface area contributed by atoms with Gasteiger partial charge in [-0.3, -0.25) is 9.78 Å². The number of hydrogen-bond acceptors (Lipinski definition) is 6. The number of benzene rings is 1. The van der Waals surface area contributed by atoms with Crippen molar-refractivity contribution >= 4 is 17.6 Å². The van der Waals surface area contributed by atoms with E-state index in [9.17, 15) is 9.59 Å². The molecule has 8 nitrogen and oxygen atoms in total. The van der Waals surface area contributed by atoms with Gasteiger partial charge in [-0.25, -0.2) is 9.78 Å². The number of hydrogen-bond donors (Lipinski definition) is 4. The fourth-order valence-electron chi connectivity index (χ4n) is 1.16. The van der Waals surface area contributed by atoms with Gasteiger partial charge in [0, 0.05) is 24.1 Å². The zero-order valence-corrected chi connectivity index (χ0v) is 10.2. The number of anilines is 1. The van der Waals surface area contributed by atoms with E-state index in [1.807, 2.05) is 0 Å². The molecule has 8 heteroatoms. The molecule has 20 heavy (non-hydrogen) atoms. The van der Waals surface area contributed by atoms with Crippen LogP contribution in [0.2, 0.25) is 0 Å². The first kappa shape index (κ1) is 14.9. The molecule has 0 unspecified atom stereocenters. The highest BCUT2D eigenvalue weighted by molar-refractivity contribution is 5.91. The Morgan fingerprint density at radius 2 is 1.90 bits per heavy atom. The van der Waals surface area contributed by atoms with Gasteiger partial charge in [-0.1, -0.05) is 0 Å². The number of carboxylic acid groups (broad SMARTS) is 1. The number of nitrogens with zero attached hydrogens (tertiary/aromatic N) is 2. The summed E-state index contributed by atoms with van der Waals surface area (Å²) >= 11 is 0. The van der Waals surface area contributed by atoms with Crippen molar-refractivity contribution in [3.8, 4) is 5.75 Å². The molecule has 6 N–H and O–H groups in total. The summed E-state index contributed by atoms with van der Waals surface area (Å²) in [5, 5.41) is 17.5. The Morgan fingerprint density at radius 1 is 1.20 bits per heavy atom. The summed E-state index contributed by atoms with van der Waals surface area (Å²) in [6.45, 7) is 0. The van der Waals surface area contributed by atoms with Crippen LogP contribution in [0.3, 0.4) is 0 Å². The van der Waals surface area contributed by atoms with Crippen molar-refractivity contribution in [3.63, 3.8) is 0 Å². The minimum atomic E-state index is -1.16. The third-order valence-electron chi connectivity index (χ3n) is 2.07. The Bertz CT molecular complexity index is 616. The van der Waals surface area contributed by atoms with Gasteiger partial charge < -0.3 is 21.7 Å². The van der Waals surface area contributed by atoms with E-state index in [4.69, 9.17) is 21.7 Å². The number of phenols is 1. The molecule has 104 valence electrons. The molecule has 2 rings (SSSR count). The van der Waals surface area contributed by atoms with Crippen LogP contribution in [0, 0.1) is 0 Å². The second kappa shape index (κ2) is 6.69. The highest BCUT2D eigenvalue weighted by Crippen LogP contribution is 2.19. The Labute approximate surface area is 113 Å². The van der Waals surface area contributed by atoms with Crippen molar-refractivity contribution in [2.75, 3.05) is 5.73 Å². The van der Waals surface area contributed by atoms with Gasteiger partial charge in [0.1, 0.15) is 17.0 Å². The lowest BCUT2D eigenvalue weighted by Gasteiger charge is -1.98. The van der Waals surface area contributed by atoms with E-state index in [2.05, 4.69) is 9.97 Å². The fraction of sp³-hybridized carbons (Fsp3) is 0. The number of carbonyl (C=O) groups excluding carboxylic acids is 1. The average Bonchev–Trinajstić information content (AvgIpc) is 2.40. The lowest BCUT2D eigenvalue weighted by Crippen LogP contribution is -2.12. The Kier molecular flexibility index (Phi) is 4.98. The Morgan fingerprint density at radius 3 is 2.30 bits per heavy atom. The van der Waals surface area contributed by atoms with Gasteiger partial charge in [-0.2, -0.15) is 0 Å². The number of aromatic carboxylic acids is 1. The molecule has 0 saturated heterocycles. The highest BCUT2D eigenvalue weighted by atomic mass is 16.4. The molecular weight excluding hydrogens is 264 g/mol. The number of aromatic nitrogens is 2. The molecule has 1 aromatic heterocycles. The van der Waals surface area contributed by atoms with Crippen LogP contribution in [-0.4, -0.2) is 32.1 Å². The average molecular weight is 276 g/mol. The van der Waals surface area contributed by atoms with E-state index in [0.717, 1.165) is 0 Å². The maximum atomic E-state index is 10.3. The highest BCUT2D eigenvalue weighted by Gasteiger charge is 2.07. The number of nitrogen functional groups attached to an aromatic ring is 1. The molecule has 0 aliphatic rings. The molecule has 1 aromatic carbocycles. The van der Waals surface area contributed by atoms with Crippen LogP contribution in [-0.2, 0) is 0 Å². The van der Waals surface area contributed by atoms with Crippen molar-refractivity contribution in [3.05, 3.63) is 48.0 Å². The molecule has 0 atom stereocenters. The van der Waals surface area contributed by atoms with Crippen LogP contribution in [0.1, 0.15) is 20.8 Å². The largest absolute Gasteiger partial charge is 0.507 e. The van der Waals surface area contributed by atoms with E-state index >= 15 is 0 Å². The second-order valence-corrected chi connectivity index (χ2v) is 3.54. The number of carbonyl (C=O) groups is 2. The van der Waals surface area contributed by atoms with Gasteiger partial charge in [0.25, 0.3) is 5.91 Å². The van der Waals surface area contributed by atoms with E-state index in [1.165, 1.54) is 36.8 Å². The van der Waals surface area contributed by atoms with Crippen LogP contribution in [0.25, 0.3) is 0 Å². The lowest BCUT2D eigenvalue weighted by molar-refractivity contribution is 0.0693. The standard InChI is InChI=1S/C7H7NO3.C5H5N3O/c8-4-1-2-5(7(10)11)6(9)3-4;6-5(9)4-3-7-1-2-8-4/h1-3,9H,8H2,(H,10,11);1-3H,(H2,6,9). The molecule has 0 aliphatic heterocycles. The van der Waals surface area contributed by atoms with E-state index in [-0.39, 0.29) is 17.0 Å². The van der Waals surface area contributed by atoms with Crippen LogP contribution in [0.5, 0.6) is 5.75 Å². The van der Waals surface area contributed by atoms with Gasteiger partial charge in [0.2, 0.25) is 0 Å². The first-order valence-electron chi connectivity index (χ1n) is 5.29. The molecule has 0 fully saturated rings. The third-order valence-corrected chi connectivity index (χ3v) is 2.07. The van der Waals surface area contributed by atoms with E-state index in [1.54, 1.807) is 0 Å². The number of primary amides is 1. The van der Waals surface area contributed by atoms with Gasteiger partial charge in [0.05, 0.1) is 6.20 Å². The summed E-state index contributed by atoms with van der Waals surface area (Å²) in [5.41, 5.74) is 10.5. The molecule has 0 radical (unpaired) electrons. The lowest BCUT2D eigenvalue weighted by atomic mass is 10.2. The summed E-state index contributed by atoms with van der Waals surface area (Å²) < 4.78 is 0. The van der Waals surface area contributed by atoms with Crippen molar-refractivity contribution in [2.45, 2.75) is 0 Å². The number of rotatable bonds is 2. The predicted octanol–water partition coefficient (Wildman–Crippen LogP) is 0.248. The van der Waals surface area contributed by atoms with Gasteiger partial charge in [-0.05, 0) is 12.1 Å². The second-order valence-electron chi connectivity index (χ2n) is 3.54. The predicted molar refractivity (Wildman–Crippen MR) is 70.0 cm³/mol. The van der Waals surface area contributed by atoms with Crippen molar-refractivity contribution in [1.29, 1.82) is 0 Å². The van der Waals surface area contributed by atoms with E-state index in [0.29, 0.717) is 5.69 Å². The fourth-order valence-corrected chi connectivity index (χ4v) is 1.16. The topological polar surface area (TPSA) is 152 Å². The summed E-state index contributed by atoms with van der Waals surface area (Å²) in [4.78, 5) is 27.9. The first-order valence-corrected chi connectivity index (χ1v) is 5.29. The van der Waals surface area contributed by atoms with Gasteiger partial charge in [0.15, 0.2) is 0 Å². The first-order chi connectivity index (χ1) is 9.41. The number of carboxylic acids is 1. The van der Waals surface area contributed by atoms with Gasteiger partial charge >= 0.3 is 5.97 Å². The molecule has 0 aliphatic carbocycles. The van der Waals surface area contributed by atoms with Gasteiger partial charge in [-0.15, -0.1) is 0 Å². The number of amides is 1. The maximum absolute atomic E-state index is 10.3. The molecule has 1 amide bonds. The van der Waals surface area contributed by atoms with Crippen molar-refractivity contribution in [2.24, 2.45) is 5.73 Å². The monoisotopic (exact) mass is 276 g/mol. The molecule has 1 heterocycles. The molecule has 0 bridgehead atoms. The van der Waals surface area contributed by atoms with Crippen LogP contribution < -0.4 is 11.5 Å². The maximum Gasteiger partial charge on any atom is 0.339 e. The SMILES string of the molecule is NC(=O)c1cnccn1.Nc1ccc(C(=O)O)c(O)c1. The number of aromatic hydroxyl groups is 1. The van der Waals surface area contributed by atoms with Crippen LogP contribution >= 0.6 is 0 Å². The van der Waals surface area contributed by atoms with Crippen LogP contribution in [0.4, 0.5) is 5.69 Å². The quantitative estimate of drug-likeness (QED) is 0.573. The zero-order chi connectivity index (χ0) is 15.1. The minimum absolute atomic E-state index is 0.140. The van der Waals surface area contributed by atoms with Crippen molar-refractivity contribution in [1.82, 2.24) is 9.97 Å². The smallest absolute Gasteiger partial charge is 0.339 e. The minimum Gasteiger partial charge on any atom is -0.507 e. The Balaban J connectivity index is 0.000000204. The zero-order valence-electron chi connectivity index (χ0n) is 10.2. The summed E-state index contributed by atoms with van der Waals surface area (Å²) in [6, 6.07) is 3.87. The Hall–Kier alpha value is -3.16. The van der Waals surface area contributed by atoms with Crippen molar-refractivity contribution < 1.29 is 19.8 Å². The normalized spacial score (nSPS) is 9.20. The number of nitrogens with two attached hydrogens (primary N) is 2. The molecule has 0 saturated carbocycles. The molecule has 2 aromatic rings. The molecular formula is C12H12N4O4. The third kappa shape index (κ3) is 4.26. The van der Waals surface area contributed by atoms with Crippen LogP contribution in [0.15, 0.2) is 36.8 Å². The molecule has 0 spiro atoms.